The molecule has 2 aromatic heterocycles. The van der Waals surface area contributed by atoms with Crippen LogP contribution in [0.4, 0.5) is 19.1 Å². The minimum absolute atomic E-state index is 0.236. The summed E-state index contributed by atoms with van der Waals surface area (Å²) in [5, 5.41) is 1.60. The molecule has 8 heteroatoms. The molecule has 2 rings (SSSR count). The van der Waals surface area contributed by atoms with Crippen LogP contribution in [0.1, 0.15) is 0 Å². The zero-order chi connectivity index (χ0) is 11.8. The molecule has 16 heavy (non-hydrogen) atoms. The number of rotatable bonds is 1. The van der Waals surface area contributed by atoms with Crippen molar-refractivity contribution in [1.82, 2.24) is 15.0 Å². The number of aromatic nitrogens is 3. The lowest BCUT2D eigenvalue weighted by atomic mass is 10.4. The number of nitrogens with zero attached hydrogens (tertiary/aromatic N) is 2. The summed E-state index contributed by atoms with van der Waals surface area (Å²) < 4.78 is 35.8. The molecule has 0 aliphatic rings. The maximum absolute atomic E-state index is 11.9. The number of fused-ring (bicyclic) bond motifs is 1. The molecule has 0 atom stereocenters. The second-order valence-corrected chi connectivity index (χ2v) is 2.91. The second kappa shape index (κ2) is 3.47. The summed E-state index contributed by atoms with van der Waals surface area (Å²) >= 11 is 0. The van der Waals surface area contributed by atoms with Crippen LogP contribution in [0, 0.1) is 0 Å². The monoisotopic (exact) mass is 230 g/mol. The Bertz CT molecular complexity index is 500. The Morgan fingerprint density at radius 2 is 2.19 bits per heavy atom. The fourth-order valence-electron chi connectivity index (χ4n) is 1.08. The van der Waals surface area contributed by atoms with Crippen LogP contribution in [0.2, 0.25) is 0 Å². The van der Waals surface area contributed by atoms with Crippen molar-refractivity contribution < 1.29 is 18.0 Å². The highest BCUT2D eigenvalue weighted by molar-refractivity contribution is 5.94. The highest BCUT2D eigenvalue weighted by Gasteiger charge is 2.39. The Kier molecular flexibility index (Phi) is 2.26. The molecule has 5 nitrogen and oxygen atoms in total. The van der Waals surface area contributed by atoms with Crippen LogP contribution in [-0.4, -0.2) is 27.0 Å². The van der Waals surface area contributed by atoms with Crippen molar-refractivity contribution in [3.05, 3.63) is 18.3 Å². The number of aromatic amines is 1. The first-order valence-corrected chi connectivity index (χ1v) is 4.16. The first-order chi connectivity index (χ1) is 7.47. The number of pyridine rings is 1. The van der Waals surface area contributed by atoms with Crippen LogP contribution >= 0.6 is 0 Å². The van der Waals surface area contributed by atoms with Gasteiger partial charge in [0.15, 0.2) is 5.65 Å². The summed E-state index contributed by atoms with van der Waals surface area (Å²) in [7, 11) is 0. The van der Waals surface area contributed by atoms with Crippen molar-refractivity contribution in [3.63, 3.8) is 0 Å². The van der Waals surface area contributed by atoms with E-state index in [1.807, 2.05) is 0 Å². The highest BCUT2D eigenvalue weighted by Crippen LogP contribution is 2.18. The zero-order valence-corrected chi connectivity index (χ0v) is 7.67. The van der Waals surface area contributed by atoms with Gasteiger partial charge in [0.05, 0.1) is 5.52 Å². The molecule has 2 aromatic rings. The van der Waals surface area contributed by atoms with E-state index in [9.17, 15) is 18.0 Å². The van der Waals surface area contributed by atoms with E-state index >= 15 is 0 Å². The molecule has 0 saturated heterocycles. The summed E-state index contributed by atoms with van der Waals surface area (Å²) in [5.74, 6) is -2.36. The van der Waals surface area contributed by atoms with Gasteiger partial charge in [-0.3, -0.25) is 10.1 Å². The number of hydrogen-bond donors (Lipinski definition) is 2. The number of amides is 1. The SMILES string of the molecule is O=C(Nc1nc2ncccc2[nH]1)C(F)(F)F. The number of halogens is 3. The summed E-state index contributed by atoms with van der Waals surface area (Å²) in [4.78, 5) is 20.6. The van der Waals surface area contributed by atoms with Gasteiger partial charge in [0, 0.05) is 6.20 Å². The van der Waals surface area contributed by atoms with Crippen molar-refractivity contribution in [2.24, 2.45) is 0 Å². The topological polar surface area (TPSA) is 70.7 Å². The maximum Gasteiger partial charge on any atom is 0.471 e. The number of carbonyl (C=O) groups excluding carboxylic acids is 1. The molecule has 0 aliphatic carbocycles. The fourth-order valence-corrected chi connectivity index (χ4v) is 1.08. The molecule has 0 fully saturated rings. The summed E-state index contributed by atoms with van der Waals surface area (Å²) in [5.41, 5.74) is 0.681. The Morgan fingerprint density at radius 3 is 2.81 bits per heavy atom. The normalized spacial score (nSPS) is 11.7. The number of imidazole rings is 1. The molecule has 0 aliphatic heterocycles. The van der Waals surface area contributed by atoms with Crippen LogP contribution in [0.25, 0.3) is 11.2 Å². The van der Waals surface area contributed by atoms with Gasteiger partial charge in [0.2, 0.25) is 5.95 Å². The Hall–Kier alpha value is -2.12. The molecule has 1 amide bonds. The van der Waals surface area contributed by atoms with Gasteiger partial charge in [-0.15, -0.1) is 0 Å². The van der Waals surface area contributed by atoms with Gasteiger partial charge < -0.3 is 4.98 Å². The van der Waals surface area contributed by atoms with E-state index in [0.717, 1.165) is 0 Å². The van der Waals surface area contributed by atoms with Crippen LogP contribution < -0.4 is 5.32 Å². The lowest BCUT2D eigenvalue weighted by Crippen LogP contribution is -2.30. The summed E-state index contributed by atoms with van der Waals surface area (Å²) in [6, 6.07) is 3.18. The predicted molar refractivity (Wildman–Crippen MR) is 48.6 cm³/mol. The van der Waals surface area contributed by atoms with E-state index in [2.05, 4.69) is 15.0 Å². The lowest BCUT2D eigenvalue weighted by Gasteiger charge is -2.04. The molecule has 0 aromatic carbocycles. The molecular weight excluding hydrogens is 225 g/mol. The second-order valence-electron chi connectivity index (χ2n) is 2.91. The molecule has 0 radical (unpaired) electrons. The maximum atomic E-state index is 11.9. The zero-order valence-electron chi connectivity index (χ0n) is 7.67. The third-order valence-electron chi connectivity index (χ3n) is 1.75. The lowest BCUT2D eigenvalue weighted by molar-refractivity contribution is -0.167. The number of hydrogen-bond acceptors (Lipinski definition) is 3. The van der Waals surface area contributed by atoms with Gasteiger partial charge in [-0.1, -0.05) is 0 Å². The fraction of sp³-hybridized carbons (Fsp3) is 0.125. The summed E-state index contributed by atoms with van der Waals surface area (Å²) in [6.07, 6.45) is -3.50. The van der Waals surface area contributed by atoms with E-state index in [-0.39, 0.29) is 11.6 Å². The third-order valence-corrected chi connectivity index (χ3v) is 1.75. The first kappa shape index (κ1) is 10.4. The number of H-pyrrole nitrogens is 1. The van der Waals surface area contributed by atoms with Crippen molar-refractivity contribution in [1.29, 1.82) is 0 Å². The molecular formula is C8H5F3N4O. The van der Waals surface area contributed by atoms with Crippen molar-refractivity contribution in [2.75, 3.05) is 5.32 Å². The number of anilines is 1. The first-order valence-electron chi connectivity index (χ1n) is 4.16. The quantitative estimate of drug-likeness (QED) is 0.779. The summed E-state index contributed by atoms with van der Waals surface area (Å²) in [6.45, 7) is 0. The van der Waals surface area contributed by atoms with Crippen LogP contribution in [0.3, 0.4) is 0 Å². The number of alkyl halides is 3. The molecule has 0 spiro atoms. The molecule has 2 N–H and O–H groups in total. The van der Waals surface area contributed by atoms with Gasteiger partial charge in [-0.05, 0) is 12.1 Å². The van der Waals surface area contributed by atoms with Crippen molar-refractivity contribution in [2.45, 2.75) is 6.18 Å². The predicted octanol–water partition coefficient (Wildman–Crippen LogP) is 1.46. The van der Waals surface area contributed by atoms with Gasteiger partial charge >= 0.3 is 12.1 Å². The van der Waals surface area contributed by atoms with E-state index in [4.69, 9.17) is 0 Å². The van der Waals surface area contributed by atoms with Crippen molar-refractivity contribution >= 4 is 23.0 Å². The molecule has 0 unspecified atom stereocenters. The standard InChI is InChI=1S/C8H5F3N4O/c9-8(10,11)6(16)15-7-13-4-2-1-3-12-5(4)14-7/h1-3H,(H2,12,13,14,15,16). The molecule has 2 heterocycles. The van der Waals surface area contributed by atoms with Gasteiger partial charge in [0.1, 0.15) is 0 Å². The van der Waals surface area contributed by atoms with Crippen LogP contribution in [-0.2, 0) is 4.79 Å². The number of carbonyl (C=O) groups is 1. The van der Waals surface area contributed by atoms with Gasteiger partial charge in [0.25, 0.3) is 0 Å². The minimum atomic E-state index is -4.94. The van der Waals surface area contributed by atoms with Crippen LogP contribution in [0.15, 0.2) is 18.3 Å². The third kappa shape index (κ3) is 1.95. The molecule has 0 bridgehead atoms. The van der Waals surface area contributed by atoms with E-state index in [0.29, 0.717) is 5.52 Å². The van der Waals surface area contributed by atoms with E-state index in [1.165, 1.54) is 6.20 Å². The van der Waals surface area contributed by atoms with Crippen molar-refractivity contribution in [3.8, 4) is 0 Å². The number of nitrogens with one attached hydrogen (secondary N) is 2. The minimum Gasteiger partial charge on any atom is -0.322 e. The average molecular weight is 230 g/mol. The van der Waals surface area contributed by atoms with Crippen LogP contribution in [0.5, 0.6) is 0 Å². The van der Waals surface area contributed by atoms with E-state index in [1.54, 1.807) is 17.4 Å². The highest BCUT2D eigenvalue weighted by atomic mass is 19.4. The smallest absolute Gasteiger partial charge is 0.322 e. The largest absolute Gasteiger partial charge is 0.471 e. The Labute approximate surface area is 86.7 Å². The van der Waals surface area contributed by atoms with Gasteiger partial charge in [-0.2, -0.15) is 18.2 Å². The molecule has 84 valence electrons. The average Bonchev–Trinajstić information content (AvgIpc) is 2.58. The Balaban J connectivity index is 2.25. The van der Waals surface area contributed by atoms with E-state index < -0.39 is 12.1 Å². The van der Waals surface area contributed by atoms with Gasteiger partial charge in [-0.25, -0.2) is 4.98 Å². The Morgan fingerprint density at radius 1 is 1.44 bits per heavy atom. The molecule has 0 saturated carbocycles.